The van der Waals surface area contributed by atoms with Crippen LogP contribution in [0.4, 0.5) is 13.2 Å². The fourth-order valence-corrected chi connectivity index (χ4v) is 3.46. The van der Waals surface area contributed by atoms with E-state index in [9.17, 15) is 27.6 Å². The number of likely N-dealkylation sites (N-methyl/N-ethyl adjacent to an activating group) is 1. The Bertz CT molecular complexity index is 1270. The van der Waals surface area contributed by atoms with E-state index in [1.807, 2.05) is 0 Å². The lowest BCUT2D eigenvalue weighted by Crippen LogP contribution is -2.38. The highest BCUT2D eigenvalue weighted by Gasteiger charge is 2.31. The highest BCUT2D eigenvalue weighted by atomic mass is 19.2. The maximum Gasteiger partial charge on any atom is 0.284 e. The Labute approximate surface area is 160 Å². The maximum absolute atomic E-state index is 13.9. The number of amides is 1. The number of H-pyrrole nitrogens is 2. The molecule has 1 atom stereocenters. The molecule has 3 heterocycles. The smallest absolute Gasteiger partial charge is 0.284 e. The number of nitrogens with one attached hydrogen (secondary N) is 2. The van der Waals surface area contributed by atoms with Gasteiger partial charge in [0.1, 0.15) is 5.69 Å². The highest BCUT2D eigenvalue weighted by Crippen LogP contribution is 2.34. The molecule has 3 aromatic rings. The van der Waals surface area contributed by atoms with Crippen molar-refractivity contribution < 1.29 is 22.7 Å². The average Bonchev–Trinajstić information content (AvgIpc) is 2.70. The van der Waals surface area contributed by atoms with Crippen LogP contribution in [0.1, 0.15) is 27.8 Å². The minimum absolute atomic E-state index is 0.0147. The van der Waals surface area contributed by atoms with E-state index in [2.05, 4.69) is 9.97 Å². The molecular formula is C19H14F3N3O4. The lowest BCUT2D eigenvalue weighted by Gasteiger charge is -2.33. The Morgan fingerprint density at radius 2 is 1.72 bits per heavy atom. The zero-order chi connectivity index (χ0) is 20.9. The fraction of sp³-hybridized carbons (Fsp3) is 0.211. The Balaban J connectivity index is 1.85. The Kier molecular flexibility index (Phi) is 4.50. The van der Waals surface area contributed by atoms with Gasteiger partial charge in [-0.05, 0) is 29.7 Å². The Morgan fingerprint density at radius 1 is 1.03 bits per heavy atom. The summed E-state index contributed by atoms with van der Waals surface area (Å²) in [6.07, 6.45) is 0. The van der Waals surface area contributed by atoms with Crippen LogP contribution in [-0.4, -0.2) is 34.4 Å². The quantitative estimate of drug-likeness (QED) is 0.682. The maximum atomic E-state index is 13.9. The zero-order valence-corrected chi connectivity index (χ0v) is 15.0. The second-order valence-corrected chi connectivity index (χ2v) is 6.65. The third kappa shape index (κ3) is 3.11. The monoisotopic (exact) mass is 405 g/mol. The third-order valence-corrected chi connectivity index (χ3v) is 4.92. The minimum atomic E-state index is -1.17. The van der Waals surface area contributed by atoms with E-state index < -0.39 is 40.5 Å². The molecule has 4 rings (SSSR count). The summed E-state index contributed by atoms with van der Waals surface area (Å²) in [5.41, 5.74) is -1.07. The first-order valence-electron chi connectivity index (χ1n) is 8.55. The molecule has 10 heteroatoms. The topological polar surface area (TPSA) is 95.3 Å². The van der Waals surface area contributed by atoms with Gasteiger partial charge in [0.15, 0.2) is 17.5 Å². The number of halogens is 3. The number of ether oxygens (including phenoxy) is 1. The van der Waals surface area contributed by atoms with E-state index in [-0.39, 0.29) is 29.7 Å². The molecule has 0 bridgehead atoms. The molecule has 0 aliphatic carbocycles. The van der Waals surface area contributed by atoms with Crippen LogP contribution in [0.15, 0.2) is 33.9 Å². The number of hydrogen-bond acceptors (Lipinski definition) is 4. The van der Waals surface area contributed by atoms with Crippen LogP contribution < -0.4 is 11.1 Å². The van der Waals surface area contributed by atoms with Gasteiger partial charge < -0.3 is 19.6 Å². The molecule has 1 aliphatic rings. The van der Waals surface area contributed by atoms with Crippen LogP contribution in [0.3, 0.4) is 0 Å². The highest BCUT2D eigenvalue weighted by molar-refractivity contribution is 5.93. The molecule has 0 unspecified atom stereocenters. The standard InChI is InChI=1S/C19H14F3N3O4/c1-25(19(28)13-3-2-10(20)18(27)23-13)15-7-29-6-14-16(15)8-4-11(21)12(22)5-9(8)17(26)24-14/h2-5,15H,6-7H2,1H3,(H,23,27)(H,24,26)/t15-/m1/s1. The summed E-state index contributed by atoms with van der Waals surface area (Å²) in [6, 6.07) is 2.94. The van der Waals surface area contributed by atoms with Gasteiger partial charge in [-0.3, -0.25) is 14.4 Å². The summed E-state index contributed by atoms with van der Waals surface area (Å²) in [5, 5.41) is 0.0915. The van der Waals surface area contributed by atoms with Gasteiger partial charge >= 0.3 is 0 Å². The zero-order valence-electron chi connectivity index (χ0n) is 15.0. The van der Waals surface area contributed by atoms with Crippen LogP contribution in [0.5, 0.6) is 0 Å². The van der Waals surface area contributed by atoms with Crippen molar-refractivity contribution in [3.05, 3.63) is 79.4 Å². The predicted octanol–water partition coefficient (Wildman–Crippen LogP) is 1.98. The number of nitrogens with zero attached hydrogens (tertiary/aromatic N) is 1. The van der Waals surface area contributed by atoms with Crippen molar-refractivity contribution in [3.63, 3.8) is 0 Å². The number of rotatable bonds is 2. The van der Waals surface area contributed by atoms with Gasteiger partial charge in [0.25, 0.3) is 17.0 Å². The fourth-order valence-electron chi connectivity index (χ4n) is 3.46. The average molecular weight is 405 g/mol. The number of aromatic nitrogens is 2. The number of hydrogen-bond donors (Lipinski definition) is 2. The molecular weight excluding hydrogens is 391 g/mol. The number of fused-ring (bicyclic) bond motifs is 3. The Hall–Kier alpha value is -3.40. The van der Waals surface area contributed by atoms with E-state index >= 15 is 0 Å². The van der Waals surface area contributed by atoms with Crippen molar-refractivity contribution in [2.24, 2.45) is 0 Å². The molecule has 29 heavy (non-hydrogen) atoms. The molecule has 0 saturated carbocycles. The first-order valence-corrected chi connectivity index (χ1v) is 8.55. The van der Waals surface area contributed by atoms with Crippen molar-refractivity contribution in [2.45, 2.75) is 12.6 Å². The number of carbonyl (C=O) groups excluding carboxylic acids is 1. The normalized spacial score (nSPS) is 15.9. The van der Waals surface area contributed by atoms with Crippen molar-refractivity contribution in [2.75, 3.05) is 13.7 Å². The van der Waals surface area contributed by atoms with Gasteiger partial charge in [0.05, 0.1) is 24.6 Å². The molecule has 150 valence electrons. The lowest BCUT2D eigenvalue weighted by atomic mass is 9.95. The molecule has 0 radical (unpaired) electrons. The lowest BCUT2D eigenvalue weighted by molar-refractivity contribution is 0.0332. The summed E-state index contributed by atoms with van der Waals surface area (Å²) >= 11 is 0. The molecule has 0 fully saturated rings. The SMILES string of the molecule is CN(C(=O)c1ccc(F)c(=O)[nH]1)[C@@H]1COCc2[nH]c(=O)c3cc(F)c(F)cc3c21. The largest absolute Gasteiger partial charge is 0.373 e. The van der Waals surface area contributed by atoms with Crippen molar-refractivity contribution in [1.82, 2.24) is 14.9 Å². The molecule has 2 aromatic heterocycles. The van der Waals surface area contributed by atoms with Gasteiger partial charge in [-0.15, -0.1) is 0 Å². The summed E-state index contributed by atoms with van der Waals surface area (Å²) in [4.78, 5) is 42.5. The second-order valence-electron chi connectivity index (χ2n) is 6.65. The molecule has 2 N–H and O–H groups in total. The number of aromatic amines is 2. The minimum Gasteiger partial charge on any atom is -0.373 e. The van der Waals surface area contributed by atoms with E-state index in [0.29, 0.717) is 11.3 Å². The van der Waals surface area contributed by atoms with Gasteiger partial charge in [0, 0.05) is 18.3 Å². The summed E-state index contributed by atoms with van der Waals surface area (Å²) in [6.45, 7) is 0.0340. The molecule has 1 aliphatic heterocycles. The molecule has 1 aromatic carbocycles. The summed E-state index contributed by atoms with van der Waals surface area (Å²) in [5.74, 6) is -3.98. The second kappa shape index (κ2) is 6.89. The molecule has 1 amide bonds. The van der Waals surface area contributed by atoms with E-state index in [4.69, 9.17) is 4.74 Å². The molecule has 0 saturated heterocycles. The number of pyridine rings is 2. The van der Waals surface area contributed by atoms with Crippen molar-refractivity contribution in [1.29, 1.82) is 0 Å². The van der Waals surface area contributed by atoms with Gasteiger partial charge in [-0.1, -0.05) is 0 Å². The number of carbonyl (C=O) groups is 1. The van der Waals surface area contributed by atoms with Crippen molar-refractivity contribution in [3.8, 4) is 0 Å². The van der Waals surface area contributed by atoms with E-state index in [0.717, 1.165) is 24.3 Å². The van der Waals surface area contributed by atoms with Crippen LogP contribution in [0.2, 0.25) is 0 Å². The van der Waals surface area contributed by atoms with Crippen LogP contribution in [0, 0.1) is 17.5 Å². The van der Waals surface area contributed by atoms with Gasteiger partial charge in [-0.25, -0.2) is 13.2 Å². The summed E-state index contributed by atoms with van der Waals surface area (Å²) < 4.78 is 46.2. The van der Waals surface area contributed by atoms with E-state index in [1.54, 1.807) is 0 Å². The summed E-state index contributed by atoms with van der Waals surface area (Å²) in [7, 11) is 1.42. The van der Waals surface area contributed by atoms with Gasteiger partial charge in [0.2, 0.25) is 0 Å². The van der Waals surface area contributed by atoms with Crippen molar-refractivity contribution >= 4 is 16.7 Å². The van der Waals surface area contributed by atoms with Crippen LogP contribution >= 0.6 is 0 Å². The molecule has 7 nitrogen and oxygen atoms in total. The van der Waals surface area contributed by atoms with E-state index in [1.165, 1.54) is 11.9 Å². The predicted molar refractivity (Wildman–Crippen MR) is 96.0 cm³/mol. The van der Waals surface area contributed by atoms with Gasteiger partial charge in [-0.2, -0.15) is 0 Å². The van der Waals surface area contributed by atoms with Crippen LogP contribution in [0.25, 0.3) is 10.8 Å². The first-order chi connectivity index (χ1) is 13.8. The Morgan fingerprint density at radius 3 is 2.41 bits per heavy atom. The van der Waals surface area contributed by atoms with Crippen LogP contribution in [-0.2, 0) is 11.3 Å². The number of benzene rings is 1. The molecule has 0 spiro atoms. The first kappa shape index (κ1) is 18.9. The third-order valence-electron chi connectivity index (χ3n) is 4.92.